The van der Waals surface area contributed by atoms with E-state index in [9.17, 15) is 24.5 Å². The third-order valence-electron chi connectivity index (χ3n) is 5.63. The van der Waals surface area contributed by atoms with Crippen molar-refractivity contribution >= 4 is 35.1 Å². The van der Waals surface area contributed by atoms with Crippen LogP contribution in [0.15, 0.2) is 59.8 Å². The van der Waals surface area contributed by atoms with Crippen LogP contribution in [0.3, 0.4) is 0 Å². The van der Waals surface area contributed by atoms with Crippen molar-refractivity contribution in [2.24, 2.45) is 5.92 Å². The molecule has 2 aromatic carbocycles. The minimum absolute atomic E-state index is 0.0863. The first kappa shape index (κ1) is 27.2. The van der Waals surface area contributed by atoms with E-state index >= 15 is 0 Å². The molecule has 3 rings (SSSR count). The lowest BCUT2D eigenvalue weighted by Gasteiger charge is -2.35. The topological polar surface area (TPSA) is 143 Å². The van der Waals surface area contributed by atoms with Crippen molar-refractivity contribution in [1.82, 2.24) is 10.2 Å². The number of hydrogen-bond donors (Lipinski definition) is 3. The van der Waals surface area contributed by atoms with Gasteiger partial charge in [-0.1, -0.05) is 32.9 Å². The van der Waals surface area contributed by atoms with Gasteiger partial charge in [0.05, 0.1) is 23.1 Å². The number of urea groups is 2. The molecule has 3 N–H and O–H groups in total. The number of hydrogen-bond acceptors (Lipinski definition) is 6. The van der Waals surface area contributed by atoms with Crippen molar-refractivity contribution in [2.75, 3.05) is 23.8 Å². The van der Waals surface area contributed by atoms with Crippen molar-refractivity contribution in [3.8, 4) is 0 Å². The molecule has 0 saturated carbocycles. The Balaban J connectivity index is 1.83. The molecule has 37 heavy (non-hydrogen) atoms. The summed E-state index contributed by atoms with van der Waals surface area (Å²) in [7, 11) is 0. The Hall–Kier alpha value is -4.41. The molecule has 0 spiro atoms. The normalized spacial score (nSPS) is 15.3. The smallest absolute Gasteiger partial charge is 0.338 e. The second-order valence-corrected chi connectivity index (χ2v) is 9.03. The Bertz CT molecular complexity index is 1210. The van der Waals surface area contributed by atoms with Gasteiger partial charge in [-0.3, -0.25) is 15.0 Å². The maximum absolute atomic E-state index is 13.1. The van der Waals surface area contributed by atoms with Crippen LogP contribution in [0.2, 0.25) is 0 Å². The van der Waals surface area contributed by atoms with E-state index in [-0.39, 0.29) is 24.2 Å². The average molecular weight is 510 g/mol. The first-order valence-electron chi connectivity index (χ1n) is 12.0. The molecule has 0 unspecified atom stereocenters. The lowest BCUT2D eigenvalue weighted by atomic mass is 9.94. The molecule has 1 heterocycles. The van der Waals surface area contributed by atoms with Crippen LogP contribution in [-0.2, 0) is 9.53 Å². The summed E-state index contributed by atoms with van der Waals surface area (Å²) in [6.07, 6.45) is 0.715. The van der Waals surface area contributed by atoms with E-state index in [0.717, 1.165) is 0 Å². The molecule has 0 aliphatic carbocycles. The van der Waals surface area contributed by atoms with Crippen LogP contribution >= 0.6 is 0 Å². The summed E-state index contributed by atoms with van der Waals surface area (Å²) < 4.78 is 5.51. The predicted molar refractivity (Wildman–Crippen MR) is 139 cm³/mol. The quantitative estimate of drug-likeness (QED) is 0.241. The molecule has 1 aliphatic rings. The van der Waals surface area contributed by atoms with Crippen LogP contribution in [-0.4, -0.2) is 41.0 Å². The highest BCUT2D eigenvalue weighted by atomic mass is 16.6. The number of benzene rings is 2. The number of nitro groups is 1. The summed E-state index contributed by atoms with van der Waals surface area (Å²) in [5.74, 6) is -0.360. The van der Waals surface area contributed by atoms with E-state index < -0.39 is 23.0 Å². The Morgan fingerprint density at radius 1 is 1.14 bits per heavy atom. The minimum atomic E-state index is -0.764. The van der Waals surface area contributed by atoms with Crippen molar-refractivity contribution in [1.29, 1.82) is 0 Å². The number of non-ortho nitro benzene ring substituents is 1. The zero-order valence-corrected chi connectivity index (χ0v) is 21.2. The van der Waals surface area contributed by atoms with Crippen molar-refractivity contribution in [3.05, 3.63) is 75.5 Å². The molecule has 196 valence electrons. The van der Waals surface area contributed by atoms with Crippen molar-refractivity contribution in [3.63, 3.8) is 0 Å². The molecule has 0 radical (unpaired) electrons. The number of rotatable bonds is 9. The number of esters is 1. The first-order chi connectivity index (χ1) is 17.6. The Morgan fingerprint density at radius 2 is 1.81 bits per heavy atom. The number of carbonyl (C=O) groups is 3. The van der Waals surface area contributed by atoms with E-state index in [2.05, 4.69) is 16.0 Å². The number of ether oxygens (including phenoxy) is 1. The van der Waals surface area contributed by atoms with Gasteiger partial charge in [0, 0.05) is 35.7 Å². The van der Waals surface area contributed by atoms with Crippen molar-refractivity contribution < 1.29 is 24.0 Å². The number of nitrogens with one attached hydrogen (secondary N) is 3. The molecule has 11 heteroatoms. The molecule has 1 atom stereocenters. The maximum Gasteiger partial charge on any atom is 0.338 e. The first-order valence-corrected chi connectivity index (χ1v) is 12.0. The maximum atomic E-state index is 13.1. The molecule has 11 nitrogen and oxygen atoms in total. The van der Waals surface area contributed by atoms with Gasteiger partial charge < -0.3 is 20.7 Å². The van der Waals surface area contributed by atoms with Gasteiger partial charge in [-0.2, -0.15) is 0 Å². The van der Waals surface area contributed by atoms with Gasteiger partial charge in [-0.25, -0.2) is 14.4 Å². The predicted octanol–water partition coefficient (Wildman–Crippen LogP) is 5.19. The van der Waals surface area contributed by atoms with Crippen LogP contribution in [0.1, 0.15) is 45.7 Å². The lowest BCUT2D eigenvalue weighted by molar-refractivity contribution is -0.384. The van der Waals surface area contributed by atoms with E-state index in [1.807, 2.05) is 20.8 Å². The second-order valence-electron chi connectivity index (χ2n) is 9.03. The molecule has 4 amide bonds. The van der Waals surface area contributed by atoms with Crippen molar-refractivity contribution in [2.45, 2.75) is 40.2 Å². The summed E-state index contributed by atoms with van der Waals surface area (Å²) in [5, 5.41) is 19.0. The molecule has 0 fully saturated rings. The zero-order chi connectivity index (χ0) is 27.1. The van der Waals surface area contributed by atoms with Gasteiger partial charge in [-0.15, -0.1) is 0 Å². The van der Waals surface area contributed by atoms with Gasteiger partial charge in [0.2, 0.25) is 0 Å². The van der Waals surface area contributed by atoms with Crippen LogP contribution in [0.4, 0.5) is 26.7 Å². The summed E-state index contributed by atoms with van der Waals surface area (Å²) in [6, 6.07) is 10.6. The van der Waals surface area contributed by atoms with Crippen LogP contribution < -0.4 is 16.0 Å². The highest BCUT2D eigenvalue weighted by Gasteiger charge is 2.36. The molecule has 0 bridgehead atoms. The largest absolute Gasteiger partial charge is 0.462 e. The van der Waals surface area contributed by atoms with Gasteiger partial charge in [0.1, 0.15) is 0 Å². The van der Waals surface area contributed by atoms with E-state index in [1.54, 1.807) is 31.2 Å². The second kappa shape index (κ2) is 12.0. The van der Waals surface area contributed by atoms with Gasteiger partial charge in [0.25, 0.3) is 5.69 Å². The average Bonchev–Trinajstić information content (AvgIpc) is 2.85. The van der Waals surface area contributed by atoms with E-state index in [0.29, 0.717) is 41.2 Å². The number of allylic oxidation sites excluding steroid dienone is 1. The number of nitrogens with zero attached hydrogens (tertiary/aromatic N) is 2. The summed E-state index contributed by atoms with van der Waals surface area (Å²) in [5.41, 5.74) is 2.17. The van der Waals surface area contributed by atoms with Gasteiger partial charge in [0.15, 0.2) is 0 Å². The van der Waals surface area contributed by atoms with E-state index in [4.69, 9.17) is 4.74 Å². The molecule has 1 aliphatic heterocycles. The minimum Gasteiger partial charge on any atom is -0.462 e. The molecule has 2 aromatic rings. The summed E-state index contributed by atoms with van der Waals surface area (Å²) in [4.78, 5) is 50.3. The fourth-order valence-electron chi connectivity index (χ4n) is 3.86. The van der Waals surface area contributed by atoms with Crippen LogP contribution in [0, 0.1) is 16.0 Å². The third kappa shape index (κ3) is 6.84. The van der Waals surface area contributed by atoms with Crippen LogP contribution in [0.5, 0.6) is 0 Å². The lowest BCUT2D eigenvalue weighted by Crippen LogP contribution is -2.48. The number of nitro benzene ring substituents is 1. The fraction of sp³-hybridized carbons (Fsp3) is 0.346. The molecular formula is C26H31N5O6. The van der Waals surface area contributed by atoms with Gasteiger partial charge >= 0.3 is 18.0 Å². The van der Waals surface area contributed by atoms with E-state index in [1.165, 1.54) is 29.2 Å². The monoisotopic (exact) mass is 509 g/mol. The Kier molecular flexibility index (Phi) is 8.83. The zero-order valence-electron chi connectivity index (χ0n) is 21.2. The molecule has 0 saturated heterocycles. The number of carbonyl (C=O) groups excluding carboxylic acids is 3. The molecular weight excluding hydrogens is 478 g/mol. The third-order valence-corrected chi connectivity index (χ3v) is 5.63. The highest BCUT2D eigenvalue weighted by Crippen LogP contribution is 2.32. The standard InChI is InChI=1S/C26H31N5O6/c1-5-13-30-17(4)22(24(32)37-15-16(2)3)23(29-26(30)34)18-7-6-8-20(14-18)28-25(33)27-19-9-11-21(12-10-19)31(35)36/h6-12,14,16,23H,5,13,15H2,1-4H3,(H,29,34)(H2,27,28,33)/t23-/m1/s1. The Morgan fingerprint density at radius 3 is 2.43 bits per heavy atom. The summed E-state index contributed by atoms with van der Waals surface area (Å²) in [6.45, 7) is 8.25. The fourth-order valence-corrected chi connectivity index (χ4v) is 3.86. The highest BCUT2D eigenvalue weighted by molar-refractivity contribution is 6.00. The summed E-state index contributed by atoms with van der Waals surface area (Å²) >= 11 is 0. The number of anilines is 2. The van der Waals surface area contributed by atoms with Gasteiger partial charge in [-0.05, 0) is 49.1 Å². The van der Waals surface area contributed by atoms with Crippen LogP contribution in [0.25, 0.3) is 0 Å². The number of amides is 4. The SMILES string of the molecule is CCCN1C(=O)N[C@H](c2cccc(NC(=O)Nc3ccc([N+](=O)[O-])cc3)c2)C(C(=O)OCC(C)C)=C1C. The Labute approximate surface area is 215 Å². The molecule has 0 aromatic heterocycles.